The Kier molecular flexibility index (Phi) is 3.17. The summed E-state index contributed by atoms with van der Waals surface area (Å²) in [5.74, 6) is 4.39. The maximum absolute atomic E-state index is 6.74. The van der Waals surface area contributed by atoms with Gasteiger partial charge in [0.25, 0.3) is 0 Å². The van der Waals surface area contributed by atoms with E-state index in [4.69, 9.17) is 10.5 Å². The summed E-state index contributed by atoms with van der Waals surface area (Å²) in [5, 5.41) is 8.21. The van der Waals surface area contributed by atoms with Gasteiger partial charge in [-0.25, -0.2) is 0 Å². The third-order valence-corrected chi connectivity index (χ3v) is 7.73. The largest absolute Gasteiger partial charge is 0.489 e. The minimum Gasteiger partial charge on any atom is -0.489 e. The number of hydrogen-bond donors (Lipinski definition) is 1. The molecule has 0 saturated heterocycles. The molecule has 4 fully saturated rings. The van der Waals surface area contributed by atoms with Crippen LogP contribution >= 0.6 is 0 Å². The monoisotopic (exact) mass is 340 g/mol. The molecule has 0 aliphatic heterocycles. The van der Waals surface area contributed by atoms with Gasteiger partial charge in [-0.3, -0.25) is 4.40 Å². The Hall–Kier alpha value is -1.78. The van der Waals surface area contributed by atoms with Gasteiger partial charge in [0.1, 0.15) is 11.9 Å². The van der Waals surface area contributed by atoms with Crippen LogP contribution in [0.3, 0.4) is 0 Å². The van der Waals surface area contributed by atoms with Crippen LogP contribution in [0.25, 0.3) is 5.65 Å². The van der Waals surface area contributed by atoms with Crippen molar-refractivity contribution in [1.29, 1.82) is 0 Å². The Bertz CT molecular complexity index is 826. The third kappa shape index (κ3) is 2.20. The number of nitrogens with zero attached hydrogens (tertiary/aromatic N) is 3. The normalized spacial score (nSPS) is 37.6. The first-order valence-electron chi connectivity index (χ1n) is 9.78. The first-order chi connectivity index (χ1) is 12.0. The predicted molar refractivity (Wildman–Crippen MR) is 97.6 cm³/mol. The van der Waals surface area contributed by atoms with Gasteiger partial charge in [-0.15, -0.1) is 10.2 Å². The molecule has 0 radical (unpaired) electrons. The highest BCUT2D eigenvalue weighted by Gasteiger charge is 2.53. The van der Waals surface area contributed by atoms with Crippen LogP contribution in [0.4, 0.5) is 5.95 Å². The average Bonchev–Trinajstić information content (AvgIpc) is 3.38. The van der Waals surface area contributed by atoms with E-state index in [1.54, 1.807) is 0 Å². The van der Waals surface area contributed by atoms with E-state index < -0.39 is 0 Å². The van der Waals surface area contributed by atoms with Crippen LogP contribution in [-0.2, 0) is 0 Å². The van der Waals surface area contributed by atoms with Crippen molar-refractivity contribution in [2.75, 3.05) is 5.73 Å². The molecular weight excluding hydrogens is 312 g/mol. The fourth-order valence-corrected chi connectivity index (χ4v) is 5.42. The van der Waals surface area contributed by atoms with Crippen molar-refractivity contribution in [1.82, 2.24) is 14.6 Å². The molecule has 5 nitrogen and oxygen atoms in total. The molecule has 0 spiro atoms. The second-order valence-corrected chi connectivity index (χ2v) is 8.95. The first-order valence-corrected chi connectivity index (χ1v) is 9.78. The summed E-state index contributed by atoms with van der Waals surface area (Å²) >= 11 is 0. The van der Waals surface area contributed by atoms with Gasteiger partial charge in [0, 0.05) is 23.2 Å². The molecule has 2 N–H and O–H groups in total. The van der Waals surface area contributed by atoms with Crippen LogP contribution < -0.4 is 10.5 Å². The molecule has 6 rings (SSSR count). The lowest BCUT2D eigenvalue weighted by Crippen LogP contribution is -2.55. The van der Waals surface area contributed by atoms with E-state index in [1.165, 1.54) is 37.7 Å². The van der Waals surface area contributed by atoms with E-state index in [0.29, 0.717) is 23.9 Å². The molecule has 134 valence electrons. The molecule has 5 heteroatoms. The maximum Gasteiger partial charge on any atom is 0.226 e. The van der Waals surface area contributed by atoms with Crippen LogP contribution in [-0.4, -0.2) is 20.7 Å². The van der Waals surface area contributed by atoms with Crippen LogP contribution in [0.1, 0.15) is 64.4 Å². The first kappa shape index (κ1) is 15.5. The van der Waals surface area contributed by atoms with Crippen molar-refractivity contribution >= 4 is 11.6 Å². The second kappa shape index (κ2) is 5.12. The molecular formula is C20H28N4O. The van der Waals surface area contributed by atoms with E-state index in [9.17, 15) is 0 Å². The summed E-state index contributed by atoms with van der Waals surface area (Å²) in [4.78, 5) is 0. The standard InChI is InChI=1S/C20H28N4O/c1-11-12(2)20(3)7-6-14(11)8-17(20)25-16-9-18-22-23-19(21)24(18)10-15(16)13-4-5-13/h9-14,17H,4-8H2,1-3H3,(H2,21,23)/t11?,12?,14-,17+,20-/m0/s1. The summed E-state index contributed by atoms with van der Waals surface area (Å²) in [7, 11) is 0. The molecule has 2 bridgehead atoms. The van der Waals surface area contributed by atoms with Crippen molar-refractivity contribution in [3.05, 3.63) is 17.8 Å². The Morgan fingerprint density at radius 3 is 2.80 bits per heavy atom. The number of fused-ring (bicyclic) bond motifs is 4. The summed E-state index contributed by atoms with van der Waals surface area (Å²) in [6.07, 6.45) is 8.71. The molecule has 2 aromatic heterocycles. The van der Waals surface area contributed by atoms with Crippen molar-refractivity contribution < 1.29 is 4.74 Å². The number of ether oxygens (including phenoxy) is 1. The Balaban J connectivity index is 1.53. The van der Waals surface area contributed by atoms with Crippen molar-refractivity contribution in [3.8, 4) is 5.75 Å². The van der Waals surface area contributed by atoms with Gasteiger partial charge in [0.05, 0.1) is 0 Å². The lowest BCUT2D eigenvalue weighted by atomic mass is 9.51. The van der Waals surface area contributed by atoms with Gasteiger partial charge in [-0.2, -0.15) is 0 Å². The number of anilines is 1. The minimum atomic E-state index is 0.272. The summed E-state index contributed by atoms with van der Waals surface area (Å²) in [5.41, 5.74) is 8.29. The van der Waals surface area contributed by atoms with Gasteiger partial charge in [-0.1, -0.05) is 20.8 Å². The highest BCUT2D eigenvalue weighted by molar-refractivity contribution is 5.53. The van der Waals surface area contributed by atoms with Crippen LogP contribution in [0.15, 0.2) is 12.3 Å². The van der Waals surface area contributed by atoms with E-state index in [1.807, 2.05) is 4.40 Å². The lowest BCUT2D eigenvalue weighted by Gasteiger charge is -2.57. The van der Waals surface area contributed by atoms with Gasteiger partial charge >= 0.3 is 0 Å². The second-order valence-electron chi connectivity index (χ2n) is 8.95. The smallest absolute Gasteiger partial charge is 0.226 e. The van der Waals surface area contributed by atoms with E-state index in [0.717, 1.165) is 23.2 Å². The molecule has 0 aromatic carbocycles. The number of nitrogen functional groups attached to an aromatic ring is 1. The molecule has 5 atom stereocenters. The van der Waals surface area contributed by atoms with Crippen molar-refractivity contribution in [2.45, 2.75) is 64.9 Å². The van der Waals surface area contributed by atoms with Crippen LogP contribution in [0.5, 0.6) is 5.75 Å². The fraction of sp³-hybridized carbons (Fsp3) is 0.700. The SMILES string of the molecule is CC1C(C)[C@]2(C)CC[C@H]1C[C@H]2Oc1cc2nnc(N)n2cc1C1CC1. The predicted octanol–water partition coefficient (Wildman–Crippen LogP) is 4.03. The average molecular weight is 340 g/mol. The molecule has 4 saturated carbocycles. The molecule has 2 aromatic rings. The summed E-state index contributed by atoms with van der Waals surface area (Å²) < 4.78 is 8.63. The van der Waals surface area contributed by atoms with Crippen LogP contribution in [0, 0.1) is 23.2 Å². The number of hydrogen-bond acceptors (Lipinski definition) is 4. The molecule has 25 heavy (non-hydrogen) atoms. The highest BCUT2D eigenvalue weighted by Crippen LogP contribution is 2.57. The fourth-order valence-electron chi connectivity index (χ4n) is 5.42. The lowest BCUT2D eigenvalue weighted by molar-refractivity contribution is -0.117. The number of aromatic nitrogens is 3. The van der Waals surface area contributed by atoms with Gasteiger partial charge in [0.15, 0.2) is 5.65 Å². The zero-order valence-corrected chi connectivity index (χ0v) is 15.4. The number of pyridine rings is 1. The highest BCUT2D eigenvalue weighted by atomic mass is 16.5. The van der Waals surface area contributed by atoms with E-state index in [-0.39, 0.29) is 5.41 Å². The third-order valence-electron chi connectivity index (χ3n) is 7.73. The van der Waals surface area contributed by atoms with Gasteiger partial charge < -0.3 is 10.5 Å². The summed E-state index contributed by atoms with van der Waals surface area (Å²) in [6.45, 7) is 7.30. The molecule has 4 aliphatic rings. The van der Waals surface area contributed by atoms with E-state index >= 15 is 0 Å². The van der Waals surface area contributed by atoms with Gasteiger partial charge in [-0.05, 0) is 55.8 Å². The van der Waals surface area contributed by atoms with E-state index in [2.05, 4.69) is 43.2 Å². The number of nitrogens with two attached hydrogens (primary N) is 1. The van der Waals surface area contributed by atoms with Crippen LogP contribution in [0.2, 0.25) is 0 Å². The number of rotatable bonds is 3. The zero-order valence-electron chi connectivity index (χ0n) is 15.4. The topological polar surface area (TPSA) is 65.4 Å². The molecule has 2 unspecified atom stereocenters. The Morgan fingerprint density at radius 2 is 2.04 bits per heavy atom. The van der Waals surface area contributed by atoms with Gasteiger partial charge in [0.2, 0.25) is 5.95 Å². The van der Waals surface area contributed by atoms with Crippen molar-refractivity contribution in [2.24, 2.45) is 23.2 Å². The minimum absolute atomic E-state index is 0.272. The summed E-state index contributed by atoms with van der Waals surface area (Å²) in [6, 6.07) is 2.05. The molecule has 0 amide bonds. The molecule has 4 aliphatic carbocycles. The zero-order chi connectivity index (χ0) is 17.3. The quantitative estimate of drug-likeness (QED) is 0.916. The molecule has 2 heterocycles. The Labute approximate surface area is 149 Å². The van der Waals surface area contributed by atoms with Crippen molar-refractivity contribution in [3.63, 3.8) is 0 Å². The maximum atomic E-state index is 6.74. The Morgan fingerprint density at radius 1 is 1.24 bits per heavy atom.